The van der Waals surface area contributed by atoms with Crippen LogP contribution in [0.5, 0.6) is 5.75 Å². The minimum atomic E-state index is -0.115. The molecule has 1 aliphatic heterocycles. The number of carbonyl (C=O) groups excluding carboxylic acids is 1. The van der Waals surface area contributed by atoms with Crippen LogP contribution in [0.25, 0.3) is 5.69 Å². The smallest absolute Gasteiger partial charge is 0.276 e. The van der Waals surface area contributed by atoms with Crippen molar-refractivity contribution in [1.29, 1.82) is 0 Å². The molecule has 0 aliphatic carbocycles. The summed E-state index contributed by atoms with van der Waals surface area (Å²) < 4.78 is 10.5. The van der Waals surface area contributed by atoms with Crippen LogP contribution in [0.15, 0.2) is 24.3 Å². The highest BCUT2D eigenvalue weighted by Crippen LogP contribution is 2.17. The Morgan fingerprint density at radius 2 is 2.04 bits per heavy atom. The molecule has 1 aromatic carbocycles. The van der Waals surface area contributed by atoms with Crippen molar-refractivity contribution in [1.82, 2.24) is 19.9 Å². The van der Waals surface area contributed by atoms with Crippen molar-refractivity contribution in [3.63, 3.8) is 0 Å². The van der Waals surface area contributed by atoms with Gasteiger partial charge in [-0.1, -0.05) is 0 Å². The van der Waals surface area contributed by atoms with Crippen LogP contribution in [0, 0.1) is 6.92 Å². The molecule has 0 saturated carbocycles. The lowest BCUT2D eigenvalue weighted by Crippen LogP contribution is -2.32. The predicted octanol–water partition coefficient (Wildman–Crippen LogP) is 0.774. The van der Waals surface area contributed by atoms with E-state index in [1.165, 1.54) is 4.80 Å². The predicted molar refractivity (Wildman–Crippen MR) is 92.0 cm³/mol. The number of methoxy groups -OCH3 is 1. The molecule has 0 bridgehead atoms. The van der Waals surface area contributed by atoms with Gasteiger partial charge in [-0.3, -0.25) is 4.79 Å². The minimum Gasteiger partial charge on any atom is -0.491 e. The summed E-state index contributed by atoms with van der Waals surface area (Å²) in [5, 5.41) is 8.73. The standard InChI is InChI=1S/C17H23N5O3/c1-12-16(17(23)21-8-7-13(18)11-21)20-22(19-12)14-3-5-15(6-4-14)25-10-9-24-2/h3-6,13H,7-11,18H2,1-2H3. The summed E-state index contributed by atoms with van der Waals surface area (Å²) in [6, 6.07) is 7.42. The Hall–Kier alpha value is -2.45. The Balaban J connectivity index is 1.72. The number of hydrogen-bond donors (Lipinski definition) is 1. The van der Waals surface area contributed by atoms with Crippen LogP contribution in [0.2, 0.25) is 0 Å². The molecule has 1 fully saturated rings. The molecule has 2 aromatic rings. The molecule has 1 aromatic heterocycles. The van der Waals surface area contributed by atoms with E-state index in [1.54, 1.807) is 18.9 Å². The van der Waals surface area contributed by atoms with Crippen molar-refractivity contribution in [2.24, 2.45) is 5.73 Å². The van der Waals surface area contributed by atoms with Gasteiger partial charge in [0.15, 0.2) is 5.69 Å². The third-order valence-electron chi connectivity index (χ3n) is 4.12. The lowest BCUT2D eigenvalue weighted by molar-refractivity contribution is 0.0784. The minimum absolute atomic E-state index is 0.0463. The summed E-state index contributed by atoms with van der Waals surface area (Å²) in [7, 11) is 1.63. The molecule has 1 saturated heterocycles. The Morgan fingerprint density at radius 3 is 2.68 bits per heavy atom. The number of nitrogens with two attached hydrogens (primary N) is 1. The van der Waals surface area contributed by atoms with E-state index in [0.29, 0.717) is 37.7 Å². The zero-order valence-electron chi connectivity index (χ0n) is 14.5. The Morgan fingerprint density at radius 1 is 1.28 bits per heavy atom. The van der Waals surface area contributed by atoms with Crippen LogP contribution in [-0.4, -0.2) is 65.3 Å². The van der Waals surface area contributed by atoms with Gasteiger partial charge in [0, 0.05) is 26.2 Å². The Bertz CT molecular complexity index is 728. The maximum Gasteiger partial charge on any atom is 0.276 e. The van der Waals surface area contributed by atoms with E-state index in [9.17, 15) is 4.79 Å². The number of hydrogen-bond acceptors (Lipinski definition) is 6. The van der Waals surface area contributed by atoms with Gasteiger partial charge in [0.2, 0.25) is 0 Å². The first-order chi connectivity index (χ1) is 12.1. The van der Waals surface area contributed by atoms with Crippen molar-refractivity contribution >= 4 is 5.91 Å². The highest BCUT2D eigenvalue weighted by atomic mass is 16.5. The molecule has 1 atom stereocenters. The van der Waals surface area contributed by atoms with E-state index in [-0.39, 0.29) is 11.9 Å². The van der Waals surface area contributed by atoms with E-state index in [2.05, 4.69) is 10.2 Å². The Kier molecular flexibility index (Phi) is 5.30. The number of carbonyl (C=O) groups is 1. The first kappa shape index (κ1) is 17.4. The van der Waals surface area contributed by atoms with Crippen molar-refractivity contribution < 1.29 is 14.3 Å². The average Bonchev–Trinajstić information content (AvgIpc) is 3.21. The molecule has 0 spiro atoms. The van der Waals surface area contributed by atoms with Gasteiger partial charge in [-0.15, -0.1) is 5.10 Å². The first-order valence-corrected chi connectivity index (χ1v) is 8.29. The van der Waals surface area contributed by atoms with Crippen LogP contribution in [0.3, 0.4) is 0 Å². The van der Waals surface area contributed by atoms with Gasteiger partial charge < -0.3 is 20.1 Å². The van der Waals surface area contributed by atoms with Gasteiger partial charge in [0.1, 0.15) is 12.4 Å². The van der Waals surface area contributed by atoms with E-state index < -0.39 is 0 Å². The average molecular weight is 345 g/mol. The number of likely N-dealkylation sites (tertiary alicyclic amines) is 1. The zero-order chi connectivity index (χ0) is 17.8. The number of ether oxygens (including phenoxy) is 2. The van der Waals surface area contributed by atoms with Crippen molar-refractivity contribution in [3.8, 4) is 11.4 Å². The fourth-order valence-corrected chi connectivity index (χ4v) is 2.73. The molecular formula is C17H23N5O3. The summed E-state index contributed by atoms with van der Waals surface area (Å²) in [4.78, 5) is 15.8. The van der Waals surface area contributed by atoms with Gasteiger partial charge in [-0.25, -0.2) is 0 Å². The summed E-state index contributed by atoms with van der Waals surface area (Å²) in [5.74, 6) is 0.628. The van der Waals surface area contributed by atoms with Gasteiger partial charge >= 0.3 is 0 Å². The third kappa shape index (κ3) is 3.97. The molecule has 1 aliphatic rings. The normalized spacial score (nSPS) is 17.1. The van der Waals surface area contributed by atoms with E-state index >= 15 is 0 Å². The molecular weight excluding hydrogens is 322 g/mol. The first-order valence-electron chi connectivity index (χ1n) is 8.29. The maximum atomic E-state index is 12.6. The lowest BCUT2D eigenvalue weighted by Gasteiger charge is -2.13. The van der Waals surface area contributed by atoms with Gasteiger partial charge in [0.05, 0.1) is 18.0 Å². The number of nitrogens with zero attached hydrogens (tertiary/aromatic N) is 4. The quantitative estimate of drug-likeness (QED) is 0.777. The van der Waals surface area contributed by atoms with Gasteiger partial charge in [0.25, 0.3) is 5.91 Å². The van der Waals surface area contributed by atoms with Crippen LogP contribution in [0.4, 0.5) is 0 Å². The molecule has 134 valence electrons. The number of amides is 1. The molecule has 8 nitrogen and oxygen atoms in total. The second-order valence-corrected chi connectivity index (χ2v) is 6.06. The highest BCUT2D eigenvalue weighted by Gasteiger charge is 2.28. The largest absolute Gasteiger partial charge is 0.491 e. The number of aryl methyl sites for hydroxylation is 1. The number of benzene rings is 1. The SMILES string of the molecule is COCCOc1ccc(-n2nc(C)c(C(=O)N3CCC(N)C3)n2)cc1. The van der Waals surface area contributed by atoms with Crippen LogP contribution in [-0.2, 0) is 4.74 Å². The van der Waals surface area contributed by atoms with E-state index in [0.717, 1.165) is 17.9 Å². The molecule has 2 heterocycles. The molecule has 25 heavy (non-hydrogen) atoms. The van der Waals surface area contributed by atoms with Crippen molar-refractivity contribution in [2.75, 3.05) is 33.4 Å². The topological polar surface area (TPSA) is 95.5 Å². The number of aromatic nitrogens is 3. The molecule has 0 radical (unpaired) electrons. The second-order valence-electron chi connectivity index (χ2n) is 6.06. The second kappa shape index (κ2) is 7.62. The third-order valence-corrected chi connectivity index (χ3v) is 4.12. The van der Waals surface area contributed by atoms with Crippen LogP contribution in [0.1, 0.15) is 22.6 Å². The van der Waals surface area contributed by atoms with E-state index in [4.69, 9.17) is 15.2 Å². The molecule has 1 unspecified atom stereocenters. The molecule has 3 rings (SSSR count). The molecule has 2 N–H and O–H groups in total. The van der Waals surface area contributed by atoms with Gasteiger partial charge in [-0.05, 0) is 37.6 Å². The summed E-state index contributed by atoms with van der Waals surface area (Å²) in [5.41, 5.74) is 7.61. The van der Waals surface area contributed by atoms with Crippen molar-refractivity contribution in [2.45, 2.75) is 19.4 Å². The maximum absolute atomic E-state index is 12.6. The summed E-state index contributed by atoms with van der Waals surface area (Å²) in [6.45, 7) is 4.05. The lowest BCUT2D eigenvalue weighted by atomic mass is 10.3. The van der Waals surface area contributed by atoms with Crippen molar-refractivity contribution in [3.05, 3.63) is 35.7 Å². The van der Waals surface area contributed by atoms with E-state index in [1.807, 2.05) is 24.3 Å². The molecule has 8 heteroatoms. The molecule has 1 amide bonds. The fourth-order valence-electron chi connectivity index (χ4n) is 2.73. The Labute approximate surface area is 146 Å². The van der Waals surface area contributed by atoms with Crippen LogP contribution >= 0.6 is 0 Å². The fraction of sp³-hybridized carbons (Fsp3) is 0.471. The highest BCUT2D eigenvalue weighted by molar-refractivity contribution is 5.93. The summed E-state index contributed by atoms with van der Waals surface area (Å²) >= 11 is 0. The summed E-state index contributed by atoms with van der Waals surface area (Å²) in [6.07, 6.45) is 0.823. The monoisotopic (exact) mass is 345 g/mol. The zero-order valence-corrected chi connectivity index (χ0v) is 14.5. The van der Waals surface area contributed by atoms with Gasteiger partial charge in [-0.2, -0.15) is 9.90 Å². The number of rotatable bonds is 6. The van der Waals surface area contributed by atoms with Crippen LogP contribution < -0.4 is 10.5 Å².